The molecule has 0 heterocycles. The summed E-state index contributed by atoms with van der Waals surface area (Å²) in [6, 6.07) is 0.300. The molecule has 2 N–H and O–H groups in total. The molecule has 0 saturated heterocycles. The van der Waals surface area contributed by atoms with Gasteiger partial charge in [-0.1, -0.05) is 39.0 Å². The summed E-state index contributed by atoms with van der Waals surface area (Å²) < 4.78 is 0. The zero-order chi connectivity index (χ0) is 9.94. The summed E-state index contributed by atoms with van der Waals surface area (Å²) in [5.74, 6) is 5.90. The summed E-state index contributed by atoms with van der Waals surface area (Å²) >= 11 is 0. The van der Waals surface area contributed by atoms with E-state index in [1.807, 2.05) is 6.92 Å². The van der Waals surface area contributed by atoms with E-state index in [0.29, 0.717) is 6.04 Å². The molecule has 0 bridgehead atoms. The predicted molar refractivity (Wildman–Crippen MR) is 59.4 cm³/mol. The standard InChI is InChI=1S/C12H23N/c1-3-5-7-8-9-11-12(13)10-6-4-2/h12H,3,5,7-11,13H2,1-2H3. The minimum atomic E-state index is 0.300. The fraction of sp³-hybridized carbons (Fsp3) is 0.833. The highest BCUT2D eigenvalue weighted by atomic mass is 14.6. The van der Waals surface area contributed by atoms with Crippen molar-refractivity contribution in [2.45, 2.75) is 64.8 Å². The molecular formula is C12H23N. The van der Waals surface area contributed by atoms with Crippen molar-refractivity contribution in [3.8, 4) is 11.8 Å². The minimum absolute atomic E-state index is 0.300. The number of hydrogen-bond acceptors (Lipinski definition) is 1. The molecule has 0 aromatic carbocycles. The van der Waals surface area contributed by atoms with Crippen molar-refractivity contribution < 1.29 is 0 Å². The van der Waals surface area contributed by atoms with Crippen molar-refractivity contribution in [3.05, 3.63) is 0 Å². The average Bonchev–Trinajstić information content (AvgIpc) is 2.14. The van der Waals surface area contributed by atoms with Gasteiger partial charge in [-0.25, -0.2) is 0 Å². The Morgan fingerprint density at radius 3 is 2.46 bits per heavy atom. The van der Waals surface area contributed by atoms with Crippen LogP contribution in [-0.4, -0.2) is 6.04 Å². The van der Waals surface area contributed by atoms with Crippen LogP contribution < -0.4 is 5.73 Å². The van der Waals surface area contributed by atoms with E-state index >= 15 is 0 Å². The fourth-order valence-corrected chi connectivity index (χ4v) is 1.35. The van der Waals surface area contributed by atoms with Crippen molar-refractivity contribution >= 4 is 0 Å². The zero-order valence-corrected chi connectivity index (χ0v) is 9.10. The largest absolute Gasteiger partial charge is 0.327 e. The Hall–Kier alpha value is -0.480. The van der Waals surface area contributed by atoms with E-state index in [9.17, 15) is 0 Å². The molecule has 13 heavy (non-hydrogen) atoms. The lowest BCUT2D eigenvalue weighted by molar-refractivity contribution is 0.547. The number of hydrogen-bond donors (Lipinski definition) is 1. The van der Waals surface area contributed by atoms with E-state index in [0.717, 1.165) is 12.8 Å². The van der Waals surface area contributed by atoms with Gasteiger partial charge in [0.15, 0.2) is 0 Å². The molecular weight excluding hydrogens is 158 g/mol. The van der Waals surface area contributed by atoms with Gasteiger partial charge in [0.1, 0.15) is 0 Å². The Balaban J connectivity index is 3.15. The van der Waals surface area contributed by atoms with Crippen LogP contribution in [0.3, 0.4) is 0 Å². The van der Waals surface area contributed by atoms with Crippen molar-refractivity contribution in [2.24, 2.45) is 5.73 Å². The molecule has 0 rings (SSSR count). The highest BCUT2D eigenvalue weighted by molar-refractivity contribution is 4.97. The second-order valence-corrected chi connectivity index (χ2v) is 3.59. The monoisotopic (exact) mass is 181 g/mol. The molecule has 0 aliphatic heterocycles. The van der Waals surface area contributed by atoms with Gasteiger partial charge in [0, 0.05) is 12.5 Å². The molecule has 0 aromatic heterocycles. The fourth-order valence-electron chi connectivity index (χ4n) is 1.35. The molecule has 0 aliphatic rings. The summed E-state index contributed by atoms with van der Waals surface area (Å²) in [5.41, 5.74) is 5.87. The molecule has 0 radical (unpaired) electrons. The average molecular weight is 181 g/mol. The van der Waals surface area contributed by atoms with Gasteiger partial charge in [0.2, 0.25) is 0 Å². The lowest BCUT2D eigenvalue weighted by Gasteiger charge is -2.06. The van der Waals surface area contributed by atoms with Crippen LogP contribution in [0.1, 0.15) is 58.8 Å². The van der Waals surface area contributed by atoms with E-state index in [-0.39, 0.29) is 0 Å². The molecule has 0 spiro atoms. The van der Waals surface area contributed by atoms with Crippen LogP contribution in [0.2, 0.25) is 0 Å². The molecule has 1 heteroatoms. The molecule has 1 nitrogen and oxygen atoms in total. The maximum absolute atomic E-state index is 5.87. The van der Waals surface area contributed by atoms with Crippen molar-refractivity contribution in [2.75, 3.05) is 0 Å². The van der Waals surface area contributed by atoms with E-state index in [4.69, 9.17) is 5.73 Å². The molecule has 0 aromatic rings. The van der Waals surface area contributed by atoms with Crippen LogP contribution in [0.4, 0.5) is 0 Å². The summed E-state index contributed by atoms with van der Waals surface area (Å²) in [6.45, 7) is 4.11. The summed E-state index contributed by atoms with van der Waals surface area (Å²) in [5, 5.41) is 0. The molecule has 0 saturated carbocycles. The number of unbranched alkanes of at least 4 members (excludes halogenated alkanes) is 4. The normalized spacial score (nSPS) is 11.9. The molecule has 76 valence electrons. The lowest BCUT2D eigenvalue weighted by Crippen LogP contribution is -2.18. The molecule has 1 unspecified atom stereocenters. The van der Waals surface area contributed by atoms with E-state index in [2.05, 4.69) is 18.8 Å². The molecule has 0 aliphatic carbocycles. The molecule has 0 fully saturated rings. The first-order chi connectivity index (χ1) is 6.31. The maximum Gasteiger partial charge on any atom is 0.0241 e. The SMILES string of the molecule is CC#CCC(N)CCCCCCC. The lowest BCUT2D eigenvalue weighted by atomic mass is 10.1. The second-order valence-electron chi connectivity index (χ2n) is 3.59. The van der Waals surface area contributed by atoms with Gasteiger partial charge in [0.05, 0.1) is 0 Å². The highest BCUT2D eigenvalue weighted by Gasteiger charge is 1.98. The van der Waals surface area contributed by atoms with Crippen molar-refractivity contribution in [3.63, 3.8) is 0 Å². The van der Waals surface area contributed by atoms with Gasteiger partial charge in [0.25, 0.3) is 0 Å². The Morgan fingerprint density at radius 2 is 1.85 bits per heavy atom. The smallest absolute Gasteiger partial charge is 0.0241 e. The van der Waals surface area contributed by atoms with Gasteiger partial charge < -0.3 is 5.73 Å². The quantitative estimate of drug-likeness (QED) is 0.474. The Morgan fingerprint density at radius 1 is 1.15 bits per heavy atom. The molecule has 1 atom stereocenters. The third-order valence-corrected chi connectivity index (χ3v) is 2.22. The van der Waals surface area contributed by atoms with Crippen LogP contribution >= 0.6 is 0 Å². The topological polar surface area (TPSA) is 26.0 Å². The Kier molecular flexibility index (Phi) is 9.25. The summed E-state index contributed by atoms with van der Waals surface area (Å²) in [4.78, 5) is 0. The van der Waals surface area contributed by atoms with Gasteiger partial charge in [-0.2, -0.15) is 0 Å². The van der Waals surface area contributed by atoms with Crippen LogP contribution in [-0.2, 0) is 0 Å². The number of rotatable bonds is 7. The zero-order valence-electron chi connectivity index (χ0n) is 9.10. The first-order valence-electron chi connectivity index (χ1n) is 5.46. The van der Waals surface area contributed by atoms with Crippen molar-refractivity contribution in [1.29, 1.82) is 0 Å². The van der Waals surface area contributed by atoms with E-state index < -0.39 is 0 Å². The summed E-state index contributed by atoms with van der Waals surface area (Å²) in [7, 11) is 0. The van der Waals surface area contributed by atoms with Gasteiger partial charge >= 0.3 is 0 Å². The van der Waals surface area contributed by atoms with Crippen LogP contribution in [0, 0.1) is 11.8 Å². The predicted octanol–water partition coefficient (Wildman–Crippen LogP) is 3.09. The third kappa shape index (κ3) is 9.43. The van der Waals surface area contributed by atoms with Crippen LogP contribution in [0.25, 0.3) is 0 Å². The Labute approximate surface area is 83.1 Å². The number of nitrogens with two attached hydrogens (primary N) is 1. The van der Waals surface area contributed by atoms with Crippen LogP contribution in [0.15, 0.2) is 0 Å². The van der Waals surface area contributed by atoms with E-state index in [1.165, 1.54) is 32.1 Å². The highest BCUT2D eigenvalue weighted by Crippen LogP contribution is 2.07. The first kappa shape index (κ1) is 12.5. The minimum Gasteiger partial charge on any atom is -0.327 e. The Bertz CT molecular complexity index is 152. The van der Waals surface area contributed by atoms with E-state index in [1.54, 1.807) is 0 Å². The van der Waals surface area contributed by atoms with Crippen LogP contribution in [0.5, 0.6) is 0 Å². The first-order valence-corrected chi connectivity index (χ1v) is 5.46. The van der Waals surface area contributed by atoms with Gasteiger partial charge in [-0.15, -0.1) is 11.8 Å². The third-order valence-electron chi connectivity index (χ3n) is 2.22. The molecule has 0 amide bonds. The maximum atomic E-state index is 5.87. The van der Waals surface area contributed by atoms with Gasteiger partial charge in [-0.3, -0.25) is 0 Å². The van der Waals surface area contributed by atoms with Crippen molar-refractivity contribution in [1.82, 2.24) is 0 Å². The second kappa shape index (κ2) is 9.61. The summed E-state index contributed by atoms with van der Waals surface area (Å²) in [6.07, 6.45) is 8.65. The van der Waals surface area contributed by atoms with Gasteiger partial charge in [-0.05, 0) is 13.3 Å².